The van der Waals surface area contributed by atoms with E-state index >= 15 is 0 Å². The van der Waals surface area contributed by atoms with Crippen LogP contribution in [0, 0.1) is 5.82 Å². The van der Waals surface area contributed by atoms with Crippen LogP contribution in [0.15, 0.2) is 42.6 Å². The van der Waals surface area contributed by atoms with Gasteiger partial charge in [-0.2, -0.15) is 5.10 Å². The number of benzene rings is 1. The third-order valence-corrected chi connectivity index (χ3v) is 4.91. The molecule has 1 amide bonds. The van der Waals surface area contributed by atoms with Gasteiger partial charge in [-0.3, -0.25) is 4.79 Å². The van der Waals surface area contributed by atoms with Crippen LogP contribution in [0.4, 0.5) is 4.39 Å². The van der Waals surface area contributed by atoms with E-state index in [0.717, 1.165) is 12.8 Å². The summed E-state index contributed by atoms with van der Waals surface area (Å²) in [6.45, 7) is 1.67. The molecule has 2 aromatic rings. The summed E-state index contributed by atoms with van der Waals surface area (Å²) >= 11 is 0. The van der Waals surface area contributed by atoms with Gasteiger partial charge in [0.2, 0.25) is 0 Å². The Hall–Kier alpha value is -2.54. The van der Waals surface area contributed by atoms with Crippen molar-refractivity contribution in [2.75, 3.05) is 19.7 Å². The number of carbonyl (C=O) groups is 1. The minimum absolute atomic E-state index is 0.105. The molecule has 0 aliphatic carbocycles. The lowest BCUT2D eigenvalue weighted by Gasteiger charge is -2.39. The van der Waals surface area contributed by atoms with Crippen molar-refractivity contribution in [3.8, 4) is 5.75 Å². The molecule has 2 atom stereocenters. The van der Waals surface area contributed by atoms with Crippen LogP contribution in [0.5, 0.6) is 5.75 Å². The standard InChI is InChI=1S/C19H20FN3O3/c20-14-4-6-15(7-5-14)26-16-11-19(25-12-16)8-2-10-23(13-19)18(24)17-3-1-9-21-22-17/h1,3-7,9,16H,2,8,10-13H2/t16-,19+/m1/s1. The van der Waals surface area contributed by atoms with Crippen molar-refractivity contribution in [2.24, 2.45) is 0 Å². The zero-order chi connectivity index (χ0) is 18.0. The van der Waals surface area contributed by atoms with E-state index in [0.29, 0.717) is 37.6 Å². The number of likely N-dealkylation sites (tertiary alicyclic amines) is 1. The third kappa shape index (κ3) is 3.53. The fourth-order valence-electron chi connectivity index (χ4n) is 3.72. The molecule has 0 radical (unpaired) electrons. The van der Waals surface area contributed by atoms with Gasteiger partial charge in [0.15, 0.2) is 5.69 Å². The minimum Gasteiger partial charge on any atom is -0.488 e. The molecule has 136 valence electrons. The van der Waals surface area contributed by atoms with Crippen molar-refractivity contribution < 1.29 is 18.7 Å². The molecule has 1 aromatic carbocycles. The number of hydrogen-bond donors (Lipinski definition) is 0. The summed E-state index contributed by atoms with van der Waals surface area (Å²) in [7, 11) is 0. The number of carbonyl (C=O) groups excluding carboxylic acids is 1. The first-order valence-corrected chi connectivity index (χ1v) is 8.77. The maximum Gasteiger partial charge on any atom is 0.274 e. The van der Waals surface area contributed by atoms with Crippen LogP contribution in [-0.2, 0) is 4.74 Å². The van der Waals surface area contributed by atoms with Crippen molar-refractivity contribution in [1.82, 2.24) is 15.1 Å². The summed E-state index contributed by atoms with van der Waals surface area (Å²) in [5.74, 6) is 0.214. The van der Waals surface area contributed by atoms with E-state index in [4.69, 9.17) is 9.47 Å². The predicted octanol–water partition coefficient (Wildman–Crippen LogP) is 2.46. The first kappa shape index (κ1) is 16.9. The van der Waals surface area contributed by atoms with E-state index in [9.17, 15) is 9.18 Å². The van der Waals surface area contributed by atoms with Crippen molar-refractivity contribution in [1.29, 1.82) is 0 Å². The molecule has 26 heavy (non-hydrogen) atoms. The fourth-order valence-corrected chi connectivity index (χ4v) is 3.72. The monoisotopic (exact) mass is 357 g/mol. The topological polar surface area (TPSA) is 64.6 Å². The highest BCUT2D eigenvalue weighted by molar-refractivity contribution is 5.92. The molecule has 0 unspecified atom stereocenters. The molecule has 1 aromatic heterocycles. The van der Waals surface area contributed by atoms with E-state index < -0.39 is 0 Å². The Morgan fingerprint density at radius 2 is 2.15 bits per heavy atom. The summed E-state index contributed by atoms with van der Waals surface area (Å²) in [4.78, 5) is 14.4. The largest absolute Gasteiger partial charge is 0.488 e. The van der Waals surface area contributed by atoms with Gasteiger partial charge in [0, 0.05) is 19.2 Å². The van der Waals surface area contributed by atoms with Gasteiger partial charge >= 0.3 is 0 Å². The van der Waals surface area contributed by atoms with Crippen LogP contribution >= 0.6 is 0 Å². The van der Waals surface area contributed by atoms with E-state index in [2.05, 4.69) is 10.2 Å². The first-order chi connectivity index (χ1) is 12.6. The highest BCUT2D eigenvalue weighted by Gasteiger charge is 2.45. The molecule has 6 nitrogen and oxygen atoms in total. The molecule has 0 N–H and O–H groups in total. The molecular weight excluding hydrogens is 337 g/mol. The Kier molecular flexibility index (Phi) is 4.55. The normalized spacial score (nSPS) is 25.4. The van der Waals surface area contributed by atoms with Crippen LogP contribution in [-0.4, -0.2) is 52.4 Å². The molecule has 4 rings (SSSR count). The van der Waals surface area contributed by atoms with Gasteiger partial charge in [-0.05, 0) is 49.2 Å². The Balaban J connectivity index is 1.41. The third-order valence-electron chi connectivity index (χ3n) is 4.91. The first-order valence-electron chi connectivity index (χ1n) is 8.77. The number of aromatic nitrogens is 2. The van der Waals surface area contributed by atoms with E-state index in [-0.39, 0.29) is 23.4 Å². The Morgan fingerprint density at radius 3 is 2.92 bits per heavy atom. The zero-order valence-corrected chi connectivity index (χ0v) is 14.3. The minimum atomic E-state index is -0.388. The van der Waals surface area contributed by atoms with Gasteiger partial charge < -0.3 is 14.4 Å². The summed E-state index contributed by atoms with van der Waals surface area (Å²) in [6, 6.07) is 9.37. The van der Waals surface area contributed by atoms with Crippen LogP contribution < -0.4 is 4.74 Å². The zero-order valence-electron chi connectivity index (χ0n) is 14.3. The molecule has 2 aliphatic heterocycles. The molecule has 2 saturated heterocycles. The second-order valence-electron chi connectivity index (χ2n) is 6.83. The average Bonchev–Trinajstić information content (AvgIpc) is 3.05. The average molecular weight is 357 g/mol. The van der Waals surface area contributed by atoms with Gasteiger partial charge in [-0.25, -0.2) is 4.39 Å². The molecule has 0 saturated carbocycles. The SMILES string of the molecule is O=C(c1cccnn1)N1CCC[C@]2(C[C@@H](Oc3ccc(F)cc3)CO2)C1. The van der Waals surface area contributed by atoms with Gasteiger partial charge in [0.25, 0.3) is 5.91 Å². The van der Waals surface area contributed by atoms with E-state index in [1.807, 2.05) is 0 Å². The molecule has 1 spiro atoms. The lowest BCUT2D eigenvalue weighted by Crippen LogP contribution is -2.50. The quantitative estimate of drug-likeness (QED) is 0.844. The van der Waals surface area contributed by atoms with Crippen molar-refractivity contribution >= 4 is 5.91 Å². The molecular formula is C19H20FN3O3. The van der Waals surface area contributed by atoms with E-state index in [1.54, 1.807) is 35.4 Å². The van der Waals surface area contributed by atoms with Crippen molar-refractivity contribution in [3.05, 3.63) is 54.1 Å². The summed E-state index contributed by atoms with van der Waals surface area (Å²) in [5.41, 5.74) is -0.0393. The molecule has 0 bridgehead atoms. The Bertz CT molecular complexity index is 771. The number of rotatable bonds is 3. The van der Waals surface area contributed by atoms with Gasteiger partial charge in [0.05, 0.1) is 18.8 Å². The summed E-state index contributed by atoms with van der Waals surface area (Å²) < 4.78 is 25.0. The van der Waals surface area contributed by atoms with Gasteiger partial charge in [0.1, 0.15) is 17.7 Å². The Morgan fingerprint density at radius 1 is 1.31 bits per heavy atom. The smallest absolute Gasteiger partial charge is 0.274 e. The maximum atomic E-state index is 13.0. The summed E-state index contributed by atoms with van der Waals surface area (Å²) in [5, 5.41) is 7.69. The van der Waals surface area contributed by atoms with Crippen LogP contribution in [0.2, 0.25) is 0 Å². The van der Waals surface area contributed by atoms with Crippen molar-refractivity contribution in [3.63, 3.8) is 0 Å². The van der Waals surface area contributed by atoms with Gasteiger partial charge in [-0.15, -0.1) is 5.10 Å². The molecule has 3 heterocycles. The van der Waals surface area contributed by atoms with E-state index in [1.165, 1.54) is 12.1 Å². The number of ether oxygens (including phenoxy) is 2. The number of piperidine rings is 1. The van der Waals surface area contributed by atoms with Crippen molar-refractivity contribution in [2.45, 2.75) is 31.0 Å². The highest BCUT2D eigenvalue weighted by Crippen LogP contribution is 2.36. The van der Waals surface area contributed by atoms with Gasteiger partial charge in [-0.1, -0.05) is 0 Å². The maximum absolute atomic E-state index is 13.0. The fraction of sp³-hybridized carbons (Fsp3) is 0.421. The molecule has 7 heteroatoms. The second kappa shape index (κ2) is 6.99. The summed E-state index contributed by atoms with van der Waals surface area (Å²) in [6.07, 6.45) is 3.91. The number of nitrogens with zero attached hydrogens (tertiary/aromatic N) is 3. The van der Waals surface area contributed by atoms with Crippen LogP contribution in [0.25, 0.3) is 0 Å². The van der Waals surface area contributed by atoms with Crippen LogP contribution in [0.3, 0.4) is 0 Å². The second-order valence-corrected chi connectivity index (χ2v) is 6.83. The molecule has 2 aliphatic rings. The number of halogens is 1. The predicted molar refractivity (Wildman–Crippen MR) is 91.3 cm³/mol. The van der Waals surface area contributed by atoms with Crippen LogP contribution in [0.1, 0.15) is 29.8 Å². The lowest BCUT2D eigenvalue weighted by molar-refractivity contribution is -0.0454. The lowest BCUT2D eigenvalue weighted by atomic mass is 9.89. The number of amides is 1. The Labute approximate surface area is 150 Å². The molecule has 2 fully saturated rings. The number of hydrogen-bond acceptors (Lipinski definition) is 5. The highest BCUT2D eigenvalue weighted by atomic mass is 19.1.